The van der Waals surface area contributed by atoms with Crippen molar-refractivity contribution in [2.75, 3.05) is 44.3 Å². The minimum atomic E-state index is -0.281. The molecule has 2 aliphatic rings. The summed E-state index contributed by atoms with van der Waals surface area (Å²) in [7, 11) is 0. The van der Waals surface area contributed by atoms with Gasteiger partial charge < -0.3 is 19.3 Å². The lowest BCUT2D eigenvalue weighted by atomic mass is 9.89. The van der Waals surface area contributed by atoms with Crippen molar-refractivity contribution in [1.29, 1.82) is 0 Å². The summed E-state index contributed by atoms with van der Waals surface area (Å²) >= 11 is 0. The first-order valence-corrected chi connectivity index (χ1v) is 9.63. The van der Waals surface area contributed by atoms with Gasteiger partial charge in [0.15, 0.2) is 12.4 Å². The molecule has 8 heteroatoms. The Morgan fingerprint density at radius 3 is 2.79 bits per heavy atom. The van der Waals surface area contributed by atoms with Crippen LogP contribution in [0.4, 0.5) is 5.82 Å². The van der Waals surface area contributed by atoms with Crippen molar-refractivity contribution in [3.05, 3.63) is 42.4 Å². The van der Waals surface area contributed by atoms with Gasteiger partial charge in [0.05, 0.1) is 24.1 Å². The number of anilines is 1. The number of rotatable bonds is 4. The molecule has 0 bridgehead atoms. The molecule has 2 saturated heterocycles. The van der Waals surface area contributed by atoms with Crippen molar-refractivity contribution in [2.24, 2.45) is 0 Å². The van der Waals surface area contributed by atoms with Gasteiger partial charge >= 0.3 is 0 Å². The molecule has 148 valence electrons. The van der Waals surface area contributed by atoms with Gasteiger partial charge in [0, 0.05) is 32.4 Å². The Bertz CT molecular complexity index is 791. The maximum absolute atomic E-state index is 12.6. The van der Waals surface area contributed by atoms with E-state index in [2.05, 4.69) is 20.1 Å². The molecule has 0 aliphatic carbocycles. The zero-order valence-electron chi connectivity index (χ0n) is 16.1. The summed E-state index contributed by atoms with van der Waals surface area (Å²) in [5, 5.41) is 8.43. The van der Waals surface area contributed by atoms with E-state index in [4.69, 9.17) is 9.47 Å². The number of aryl methyl sites for hydroxylation is 1. The largest absolute Gasteiger partial charge is 0.482 e. The average molecular weight is 383 g/mol. The van der Waals surface area contributed by atoms with E-state index in [-0.39, 0.29) is 18.1 Å². The molecule has 1 amide bonds. The van der Waals surface area contributed by atoms with Crippen LogP contribution in [0.1, 0.15) is 18.5 Å². The predicted molar refractivity (Wildman–Crippen MR) is 103 cm³/mol. The molecule has 2 fully saturated rings. The second-order valence-corrected chi connectivity index (χ2v) is 7.34. The number of piperidine rings is 1. The van der Waals surface area contributed by atoms with Gasteiger partial charge in [0.2, 0.25) is 0 Å². The summed E-state index contributed by atoms with van der Waals surface area (Å²) in [6.07, 6.45) is 5.00. The van der Waals surface area contributed by atoms with E-state index >= 15 is 0 Å². The fraction of sp³-hybridized carbons (Fsp3) is 0.500. The van der Waals surface area contributed by atoms with Gasteiger partial charge in [-0.3, -0.25) is 9.78 Å². The molecule has 2 aromatic rings. The van der Waals surface area contributed by atoms with Crippen molar-refractivity contribution in [3.63, 3.8) is 0 Å². The monoisotopic (exact) mass is 383 g/mol. The number of nitrogens with zero attached hydrogens (tertiary/aromatic N) is 5. The molecule has 1 spiro atoms. The van der Waals surface area contributed by atoms with E-state index in [0.29, 0.717) is 25.4 Å². The van der Waals surface area contributed by atoms with Gasteiger partial charge in [-0.15, -0.1) is 5.10 Å². The number of carbonyl (C=O) groups excluding carboxylic acids is 1. The summed E-state index contributed by atoms with van der Waals surface area (Å²) < 4.78 is 11.7. The van der Waals surface area contributed by atoms with Crippen LogP contribution in [-0.2, 0) is 9.53 Å². The van der Waals surface area contributed by atoms with Gasteiger partial charge in [0.1, 0.15) is 5.75 Å². The first-order chi connectivity index (χ1) is 13.6. The highest BCUT2D eigenvalue weighted by Crippen LogP contribution is 2.31. The molecule has 8 nitrogen and oxygen atoms in total. The summed E-state index contributed by atoms with van der Waals surface area (Å²) in [5.74, 6) is 1.48. The number of morpholine rings is 1. The third-order valence-electron chi connectivity index (χ3n) is 5.38. The molecule has 0 atom stereocenters. The first-order valence-electron chi connectivity index (χ1n) is 9.63. The minimum absolute atomic E-state index is 0.0154. The van der Waals surface area contributed by atoms with Crippen LogP contribution in [0, 0.1) is 6.92 Å². The molecule has 0 aromatic carbocycles. The normalized spacial score (nSPS) is 18.9. The average Bonchev–Trinajstić information content (AvgIpc) is 2.74. The van der Waals surface area contributed by atoms with E-state index in [9.17, 15) is 4.79 Å². The lowest BCUT2D eigenvalue weighted by Crippen LogP contribution is -2.58. The third-order valence-corrected chi connectivity index (χ3v) is 5.38. The number of aromatic nitrogens is 3. The van der Waals surface area contributed by atoms with Crippen molar-refractivity contribution < 1.29 is 14.3 Å². The predicted octanol–water partition coefficient (Wildman–Crippen LogP) is 1.46. The van der Waals surface area contributed by atoms with Gasteiger partial charge in [-0.1, -0.05) is 0 Å². The zero-order valence-corrected chi connectivity index (χ0v) is 16.1. The third kappa shape index (κ3) is 4.22. The highest BCUT2D eigenvalue weighted by molar-refractivity contribution is 5.78. The Balaban J connectivity index is 1.32. The molecule has 0 saturated carbocycles. The van der Waals surface area contributed by atoms with Crippen LogP contribution < -0.4 is 9.64 Å². The van der Waals surface area contributed by atoms with Crippen LogP contribution in [0.25, 0.3) is 0 Å². The lowest BCUT2D eigenvalue weighted by molar-refractivity contribution is -0.155. The Morgan fingerprint density at radius 2 is 2.07 bits per heavy atom. The van der Waals surface area contributed by atoms with Crippen molar-refractivity contribution >= 4 is 11.7 Å². The van der Waals surface area contributed by atoms with Crippen LogP contribution in [-0.4, -0.2) is 71.0 Å². The molecule has 2 aromatic heterocycles. The first kappa shape index (κ1) is 18.6. The minimum Gasteiger partial charge on any atom is -0.482 e. The van der Waals surface area contributed by atoms with Crippen LogP contribution in [0.5, 0.6) is 5.75 Å². The van der Waals surface area contributed by atoms with E-state index in [0.717, 1.165) is 37.4 Å². The SMILES string of the molecule is Cc1ccc(N2CCC3(CC2)CN(C(=O)COc2cccnc2)CCO3)nn1. The van der Waals surface area contributed by atoms with E-state index in [1.165, 1.54) is 0 Å². The van der Waals surface area contributed by atoms with E-state index in [1.54, 1.807) is 24.5 Å². The van der Waals surface area contributed by atoms with Crippen LogP contribution >= 0.6 is 0 Å². The topological polar surface area (TPSA) is 80.7 Å². The Morgan fingerprint density at radius 1 is 1.21 bits per heavy atom. The lowest BCUT2D eigenvalue weighted by Gasteiger charge is -2.47. The highest BCUT2D eigenvalue weighted by Gasteiger charge is 2.41. The summed E-state index contributed by atoms with van der Waals surface area (Å²) in [4.78, 5) is 20.7. The van der Waals surface area contributed by atoms with Gasteiger partial charge in [-0.2, -0.15) is 5.10 Å². The molecule has 0 radical (unpaired) electrons. The highest BCUT2D eigenvalue weighted by atomic mass is 16.5. The number of hydrogen-bond donors (Lipinski definition) is 0. The Labute approximate surface area is 164 Å². The van der Waals surface area contributed by atoms with Gasteiger partial charge in [-0.25, -0.2) is 0 Å². The quantitative estimate of drug-likeness (QED) is 0.791. The number of pyridine rings is 1. The zero-order chi connectivity index (χ0) is 19.4. The van der Waals surface area contributed by atoms with Crippen molar-refractivity contribution in [2.45, 2.75) is 25.4 Å². The summed E-state index contributed by atoms with van der Waals surface area (Å²) in [6, 6.07) is 7.57. The number of amides is 1. The van der Waals surface area contributed by atoms with Crippen molar-refractivity contribution in [3.8, 4) is 5.75 Å². The molecule has 4 rings (SSSR count). The Hall–Kier alpha value is -2.74. The van der Waals surface area contributed by atoms with Gasteiger partial charge in [0.25, 0.3) is 5.91 Å². The van der Waals surface area contributed by atoms with Gasteiger partial charge in [-0.05, 0) is 44.0 Å². The fourth-order valence-corrected chi connectivity index (χ4v) is 3.73. The van der Waals surface area contributed by atoms with Crippen LogP contribution in [0.3, 0.4) is 0 Å². The van der Waals surface area contributed by atoms with E-state index < -0.39 is 0 Å². The molecule has 0 N–H and O–H groups in total. The molecular formula is C20H25N5O3. The Kier molecular flexibility index (Phi) is 5.38. The number of hydrogen-bond acceptors (Lipinski definition) is 7. The van der Waals surface area contributed by atoms with E-state index in [1.807, 2.05) is 24.0 Å². The second-order valence-electron chi connectivity index (χ2n) is 7.34. The fourth-order valence-electron chi connectivity index (χ4n) is 3.73. The smallest absolute Gasteiger partial charge is 0.260 e. The van der Waals surface area contributed by atoms with Crippen molar-refractivity contribution in [1.82, 2.24) is 20.1 Å². The number of ether oxygens (including phenoxy) is 2. The summed E-state index contributed by atoms with van der Waals surface area (Å²) in [6.45, 7) is 5.40. The molecule has 4 heterocycles. The maximum atomic E-state index is 12.6. The second kappa shape index (κ2) is 8.10. The standard InChI is InChI=1S/C20H25N5O3/c1-16-4-5-18(23-22-16)24-9-6-20(7-10-24)15-25(11-12-28-20)19(26)14-27-17-3-2-8-21-13-17/h2-5,8,13H,6-7,9-12,14-15H2,1H3. The number of carbonyl (C=O) groups is 1. The molecule has 28 heavy (non-hydrogen) atoms. The van der Waals surface area contributed by atoms with Crippen LogP contribution in [0.2, 0.25) is 0 Å². The molecule has 0 unspecified atom stereocenters. The van der Waals surface area contributed by atoms with Crippen LogP contribution in [0.15, 0.2) is 36.7 Å². The molecular weight excluding hydrogens is 358 g/mol. The molecule has 2 aliphatic heterocycles. The summed E-state index contributed by atoms with van der Waals surface area (Å²) in [5.41, 5.74) is 0.632. The maximum Gasteiger partial charge on any atom is 0.260 e.